The van der Waals surface area contributed by atoms with Crippen LogP contribution in [0.15, 0.2) is 60.7 Å². The van der Waals surface area contributed by atoms with Crippen molar-refractivity contribution in [3.63, 3.8) is 0 Å². The highest BCUT2D eigenvalue weighted by Crippen LogP contribution is 2.41. The fourth-order valence-electron chi connectivity index (χ4n) is 4.43. The molecule has 0 atom stereocenters. The van der Waals surface area contributed by atoms with Crippen molar-refractivity contribution < 1.29 is 27.5 Å². The van der Waals surface area contributed by atoms with Crippen LogP contribution in [0.2, 0.25) is 0 Å². The van der Waals surface area contributed by atoms with Crippen LogP contribution in [0.1, 0.15) is 27.0 Å². The highest BCUT2D eigenvalue weighted by atomic mass is 19.4. The molecule has 1 N–H and O–H groups in total. The molecule has 5 rings (SSSR count). The summed E-state index contributed by atoms with van der Waals surface area (Å²) in [5.74, 6) is -1.72. The molecule has 0 bridgehead atoms. The van der Waals surface area contributed by atoms with Gasteiger partial charge in [-0.25, -0.2) is 14.2 Å². The topological polar surface area (TPSA) is 50.2 Å². The number of pyridine rings is 1. The van der Waals surface area contributed by atoms with E-state index in [0.29, 0.717) is 40.7 Å². The van der Waals surface area contributed by atoms with Gasteiger partial charge in [0, 0.05) is 10.9 Å². The van der Waals surface area contributed by atoms with Gasteiger partial charge in [-0.05, 0) is 59.4 Å². The summed E-state index contributed by atoms with van der Waals surface area (Å²) in [4.78, 5) is 16.6. The quantitative estimate of drug-likeness (QED) is 0.363. The van der Waals surface area contributed by atoms with Crippen LogP contribution in [-0.2, 0) is 19.0 Å². The number of nitrogens with zero attached hydrogens (tertiary/aromatic N) is 1. The first-order valence-corrected chi connectivity index (χ1v) is 9.89. The lowest BCUT2D eigenvalue weighted by molar-refractivity contribution is -0.137. The van der Waals surface area contributed by atoms with Crippen LogP contribution in [0, 0.1) is 5.82 Å². The van der Waals surface area contributed by atoms with E-state index in [0.717, 1.165) is 11.6 Å². The summed E-state index contributed by atoms with van der Waals surface area (Å²) in [5, 5.41) is 10.1. The highest BCUT2D eigenvalue weighted by Gasteiger charge is 2.33. The van der Waals surface area contributed by atoms with Crippen LogP contribution in [0.25, 0.3) is 33.3 Å². The van der Waals surface area contributed by atoms with Gasteiger partial charge in [0.1, 0.15) is 5.82 Å². The predicted molar refractivity (Wildman–Crippen MR) is 112 cm³/mol. The molecule has 160 valence electrons. The maximum absolute atomic E-state index is 13.8. The van der Waals surface area contributed by atoms with Crippen LogP contribution in [0.4, 0.5) is 17.6 Å². The molecular formula is C25H15F4NO2. The Kier molecular flexibility index (Phi) is 4.51. The second-order valence-electron chi connectivity index (χ2n) is 7.70. The minimum atomic E-state index is -4.48. The molecule has 1 heterocycles. The Balaban J connectivity index is 1.71. The Bertz CT molecular complexity index is 1410. The van der Waals surface area contributed by atoms with Gasteiger partial charge >= 0.3 is 12.1 Å². The normalized spacial score (nSPS) is 13.0. The van der Waals surface area contributed by atoms with Gasteiger partial charge in [0.15, 0.2) is 0 Å². The Morgan fingerprint density at radius 3 is 2.47 bits per heavy atom. The lowest BCUT2D eigenvalue weighted by Gasteiger charge is -2.23. The van der Waals surface area contributed by atoms with E-state index in [2.05, 4.69) is 4.98 Å². The number of carboxylic acid groups (broad SMARTS) is 1. The number of hydrogen-bond donors (Lipinski definition) is 1. The van der Waals surface area contributed by atoms with Crippen molar-refractivity contribution in [2.24, 2.45) is 0 Å². The third-order valence-electron chi connectivity index (χ3n) is 5.81. The summed E-state index contributed by atoms with van der Waals surface area (Å²) in [6, 6.07) is 14.2. The number of aromatic nitrogens is 1. The molecule has 1 aromatic heterocycles. The molecule has 7 heteroatoms. The molecular weight excluding hydrogens is 422 g/mol. The van der Waals surface area contributed by atoms with Crippen LogP contribution in [0.3, 0.4) is 0 Å². The fraction of sp³-hybridized carbons (Fsp3) is 0.120. The smallest absolute Gasteiger partial charge is 0.417 e. The Morgan fingerprint density at radius 1 is 0.938 bits per heavy atom. The molecule has 0 amide bonds. The van der Waals surface area contributed by atoms with Crippen LogP contribution < -0.4 is 0 Å². The molecule has 32 heavy (non-hydrogen) atoms. The van der Waals surface area contributed by atoms with Gasteiger partial charge in [0.05, 0.1) is 22.3 Å². The largest absolute Gasteiger partial charge is 0.478 e. The number of halogens is 4. The Hall–Kier alpha value is -3.74. The van der Waals surface area contributed by atoms with Crippen LogP contribution in [0.5, 0.6) is 0 Å². The van der Waals surface area contributed by atoms with Crippen molar-refractivity contribution in [1.29, 1.82) is 0 Å². The summed E-state index contributed by atoms with van der Waals surface area (Å²) >= 11 is 0. The average Bonchev–Trinajstić information content (AvgIpc) is 2.76. The second kappa shape index (κ2) is 7.15. The van der Waals surface area contributed by atoms with E-state index < -0.39 is 23.5 Å². The van der Waals surface area contributed by atoms with Crippen molar-refractivity contribution in [3.05, 3.63) is 88.7 Å². The van der Waals surface area contributed by atoms with Gasteiger partial charge in [0.2, 0.25) is 0 Å². The number of hydrogen-bond acceptors (Lipinski definition) is 2. The van der Waals surface area contributed by atoms with Gasteiger partial charge in [-0.2, -0.15) is 13.2 Å². The number of rotatable bonds is 2. The van der Waals surface area contributed by atoms with Gasteiger partial charge in [-0.3, -0.25) is 0 Å². The second-order valence-corrected chi connectivity index (χ2v) is 7.70. The number of alkyl halides is 3. The zero-order chi connectivity index (χ0) is 22.6. The van der Waals surface area contributed by atoms with E-state index in [9.17, 15) is 27.5 Å². The molecule has 1 aliphatic carbocycles. The average molecular weight is 437 g/mol. The molecule has 0 fully saturated rings. The number of carboxylic acids is 1. The summed E-state index contributed by atoms with van der Waals surface area (Å²) in [6.07, 6.45) is -3.70. The van der Waals surface area contributed by atoms with Gasteiger partial charge < -0.3 is 5.11 Å². The molecule has 0 radical (unpaired) electrons. The Morgan fingerprint density at radius 2 is 1.72 bits per heavy atom. The third-order valence-corrected chi connectivity index (χ3v) is 5.81. The maximum atomic E-state index is 13.8. The van der Waals surface area contributed by atoms with E-state index in [1.165, 1.54) is 30.3 Å². The highest BCUT2D eigenvalue weighted by molar-refractivity contribution is 6.06. The monoisotopic (exact) mass is 437 g/mol. The molecule has 0 saturated carbocycles. The standard InChI is InChI=1S/C25H15F4NO2/c26-15-7-10-21-19(12-15)22(24(31)32)18-9-6-14-11-13(5-8-17(14)23(18)30-21)16-3-1-2-4-20(16)25(27,28)29/h1-5,7-8,10-12H,6,9H2,(H,31,32). The number of fused-ring (bicyclic) bond motifs is 4. The first kappa shape index (κ1) is 20.2. The van der Waals surface area contributed by atoms with E-state index in [4.69, 9.17) is 0 Å². The van der Waals surface area contributed by atoms with Crippen LogP contribution in [-0.4, -0.2) is 16.1 Å². The number of aryl methyl sites for hydroxylation is 1. The number of aromatic carboxylic acids is 1. The summed E-state index contributed by atoms with van der Waals surface area (Å²) < 4.78 is 54.2. The van der Waals surface area contributed by atoms with E-state index >= 15 is 0 Å². The van der Waals surface area contributed by atoms with E-state index in [1.54, 1.807) is 24.3 Å². The van der Waals surface area contributed by atoms with Gasteiger partial charge in [-0.1, -0.05) is 36.4 Å². The maximum Gasteiger partial charge on any atom is 0.417 e. The molecule has 0 saturated heterocycles. The molecule has 1 aliphatic rings. The van der Waals surface area contributed by atoms with Crippen LogP contribution >= 0.6 is 0 Å². The minimum absolute atomic E-state index is 0.0154. The first-order valence-electron chi connectivity index (χ1n) is 9.89. The molecule has 4 aromatic rings. The van der Waals surface area contributed by atoms with Crippen molar-refractivity contribution in [3.8, 4) is 22.4 Å². The predicted octanol–water partition coefficient (Wildman–Crippen LogP) is 6.52. The summed E-state index contributed by atoms with van der Waals surface area (Å²) in [7, 11) is 0. The van der Waals surface area contributed by atoms with Crippen molar-refractivity contribution >= 4 is 16.9 Å². The zero-order valence-electron chi connectivity index (χ0n) is 16.5. The van der Waals surface area contributed by atoms with E-state index in [-0.39, 0.29) is 16.5 Å². The zero-order valence-corrected chi connectivity index (χ0v) is 16.5. The summed E-state index contributed by atoms with van der Waals surface area (Å²) in [6.45, 7) is 0. The third kappa shape index (κ3) is 3.21. The summed E-state index contributed by atoms with van der Waals surface area (Å²) in [5.41, 5.74) is 2.61. The molecule has 0 unspecified atom stereocenters. The van der Waals surface area contributed by atoms with Gasteiger partial charge in [0.25, 0.3) is 0 Å². The molecule has 0 spiro atoms. The van der Waals surface area contributed by atoms with E-state index in [1.807, 2.05) is 0 Å². The molecule has 0 aliphatic heterocycles. The van der Waals surface area contributed by atoms with Crippen molar-refractivity contribution in [2.45, 2.75) is 19.0 Å². The molecule has 3 nitrogen and oxygen atoms in total. The molecule has 3 aromatic carbocycles. The lowest BCUT2D eigenvalue weighted by atomic mass is 9.83. The number of carbonyl (C=O) groups is 1. The Labute approximate surface area is 180 Å². The van der Waals surface area contributed by atoms with Crippen molar-refractivity contribution in [1.82, 2.24) is 4.98 Å². The van der Waals surface area contributed by atoms with Gasteiger partial charge in [-0.15, -0.1) is 0 Å². The number of benzene rings is 3. The lowest BCUT2D eigenvalue weighted by Crippen LogP contribution is -2.13. The minimum Gasteiger partial charge on any atom is -0.478 e. The van der Waals surface area contributed by atoms with Crippen molar-refractivity contribution in [2.75, 3.05) is 0 Å². The first-order chi connectivity index (χ1) is 15.2. The SMILES string of the molecule is O=C(O)c1c2c(nc3ccc(F)cc13)-c1ccc(-c3ccccc3C(F)(F)F)cc1CC2. The fourth-order valence-corrected chi connectivity index (χ4v) is 4.43.